The number of hydrogen-bond acceptors (Lipinski definition) is 5. The average Bonchev–Trinajstić information content (AvgIpc) is 3.53. The largest absolute Gasteiger partial charge is 0.366 e. The number of amides is 1. The second kappa shape index (κ2) is 9.63. The highest BCUT2D eigenvalue weighted by atomic mass is 32.2. The second-order valence-corrected chi connectivity index (χ2v) is 12.5. The molecule has 1 aromatic heterocycles. The predicted octanol–water partition coefficient (Wildman–Crippen LogP) is 5.15. The third kappa shape index (κ3) is 6.00. The van der Waals surface area contributed by atoms with Gasteiger partial charge in [0.15, 0.2) is 0 Å². The van der Waals surface area contributed by atoms with E-state index in [2.05, 4.69) is 53.2 Å². The monoisotopic (exact) mass is 506 g/mol. The van der Waals surface area contributed by atoms with Crippen molar-refractivity contribution in [3.8, 4) is 0 Å². The smallest absolute Gasteiger partial charge is 0.250 e. The van der Waals surface area contributed by atoms with Gasteiger partial charge in [-0.25, -0.2) is 18.1 Å². The van der Waals surface area contributed by atoms with Crippen LogP contribution in [-0.4, -0.2) is 57.5 Å². The number of morpholine rings is 1. The van der Waals surface area contributed by atoms with E-state index >= 15 is 0 Å². The first kappa shape index (κ1) is 25.0. The highest BCUT2D eigenvalue weighted by Crippen LogP contribution is 2.38. The van der Waals surface area contributed by atoms with Crippen molar-refractivity contribution < 1.29 is 18.3 Å². The van der Waals surface area contributed by atoms with Crippen LogP contribution in [0.2, 0.25) is 0 Å². The Morgan fingerprint density at radius 3 is 2.66 bits per heavy atom. The molecule has 5 rings (SSSR count). The lowest BCUT2D eigenvalue weighted by Crippen LogP contribution is -2.48. The molecule has 2 heterocycles. The number of halogens is 2. The third-order valence-electron chi connectivity index (χ3n) is 7.15. The summed E-state index contributed by atoms with van der Waals surface area (Å²) in [6, 6.07) is 6.64. The number of nitrogens with zero attached hydrogens (tertiary/aromatic N) is 3. The molecule has 1 amide bonds. The number of ether oxygens (including phenoxy) is 1. The molecule has 0 radical (unpaired) electrons. The standard InChI is InChI=1S/C26H36F2N4O2S/c1-25(2,3)24-30-20-14-19(35-31-12-13-34-22(16-31)23(33)29-18-4-5-18)6-7-21(20)32(24)15-17-8-10-26(27,28)11-9-17/h6-7,14,17-18,22H,4-5,8-13,15-16H2,1-3H3,(H,29,33). The van der Waals surface area contributed by atoms with Crippen LogP contribution in [0, 0.1) is 5.92 Å². The van der Waals surface area contributed by atoms with Gasteiger partial charge in [-0.15, -0.1) is 0 Å². The Hall–Kier alpha value is -1.71. The first-order valence-corrected chi connectivity index (χ1v) is 13.6. The van der Waals surface area contributed by atoms with Crippen LogP contribution >= 0.6 is 11.9 Å². The lowest BCUT2D eigenvalue weighted by Gasteiger charge is -2.31. The Bertz CT molecular complexity index is 1070. The Labute approximate surface area is 210 Å². The van der Waals surface area contributed by atoms with Gasteiger partial charge in [0.2, 0.25) is 5.92 Å². The SMILES string of the molecule is CC(C)(C)c1nc2cc(SN3CCOC(C(=O)NC4CC4)C3)ccc2n1CC1CCC(F)(F)CC1. The first-order valence-electron chi connectivity index (χ1n) is 12.8. The number of fused-ring (bicyclic) bond motifs is 1. The molecule has 35 heavy (non-hydrogen) atoms. The quantitative estimate of drug-likeness (QED) is 0.550. The summed E-state index contributed by atoms with van der Waals surface area (Å²) < 4.78 is 37.5. The van der Waals surface area contributed by atoms with E-state index in [-0.39, 0.29) is 30.1 Å². The van der Waals surface area contributed by atoms with Gasteiger partial charge in [-0.05, 0) is 61.7 Å². The summed E-state index contributed by atoms with van der Waals surface area (Å²) in [7, 11) is 0. The van der Waals surface area contributed by atoms with E-state index in [0.29, 0.717) is 32.0 Å². The molecule has 0 bridgehead atoms. The zero-order valence-corrected chi connectivity index (χ0v) is 21.7. The Morgan fingerprint density at radius 2 is 1.97 bits per heavy atom. The van der Waals surface area contributed by atoms with Crippen molar-refractivity contribution in [2.75, 3.05) is 19.7 Å². The molecule has 3 fully saturated rings. The van der Waals surface area contributed by atoms with E-state index in [4.69, 9.17) is 9.72 Å². The molecule has 2 aliphatic carbocycles. The van der Waals surface area contributed by atoms with Crippen molar-refractivity contribution in [2.45, 2.75) is 94.2 Å². The van der Waals surface area contributed by atoms with Gasteiger partial charge in [0, 0.05) is 48.8 Å². The maximum absolute atomic E-state index is 13.7. The fourth-order valence-electron chi connectivity index (χ4n) is 5.00. The van der Waals surface area contributed by atoms with Gasteiger partial charge in [-0.1, -0.05) is 20.8 Å². The van der Waals surface area contributed by atoms with Gasteiger partial charge in [0.25, 0.3) is 5.91 Å². The summed E-state index contributed by atoms with van der Waals surface area (Å²) in [5.41, 5.74) is 1.83. The van der Waals surface area contributed by atoms with Crippen LogP contribution in [0.15, 0.2) is 23.1 Å². The van der Waals surface area contributed by atoms with Gasteiger partial charge in [0.05, 0.1) is 17.6 Å². The highest BCUT2D eigenvalue weighted by Gasteiger charge is 2.36. The van der Waals surface area contributed by atoms with Gasteiger partial charge in [-0.3, -0.25) is 4.79 Å². The van der Waals surface area contributed by atoms with Crippen LogP contribution in [0.3, 0.4) is 0 Å². The maximum Gasteiger partial charge on any atom is 0.250 e. The predicted molar refractivity (Wildman–Crippen MR) is 134 cm³/mol. The molecule has 1 N–H and O–H groups in total. The van der Waals surface area contributed by atoms with Gasteiger partial charge < -0.3 is 14.6 Å². The number of benzene rings is 1. The Morgan fingerprint density at radius 1 is 1.23 bits per heavy atom. The van der Waals surface area contributed by atoms with Crippen LogP contribution in [0.5, 0.6) is 0 Å². The summed E-state index contributed by atoms with van der Waals surface area (Å²) in [5, 5.41) is 3.04. The molecule has 1 unspecified atom stereocenters. The molecule has 9 heteroatoms. The minimum Gasteiger partial charge on any atom is -0.366 e. The number of carbonyl (C=O) groups excluding carboxylic acids is 1. The van der Waals surface area contributed by atoms with Crippen molar-refractivity contribution in [2.24, 2.45) is 5.92 Å². The molecule has 6 nitrogen and oxygen atoms in total. The van der Waals surface area contributed by atoms with Crippen LogP contribution in [0.25, 0.3) is 11.0 Å². The van der Waals surface area contributed by atoms with Gasteiger partial charge in [0.1, 0.15) is 11.9 Å². The number of rotatable bonds is 6. The summed E-state index contributed by atoms with van der Waals surface area (Å²) >= 11 is 1.63. The maximum atomic E-state index is 13.7. The van der Waals surface area contributed by atoms with Crippen molar-refractivity contribution >= 4 is 28.9 Å². The number of alkyl halides is 2. The van der Waals surface area contributed by atoms with E-state index in [1.165, 1.54) is 0 Å². The summed E-state index contributed by atoms with van der Waals surface area (Å²) in [5.74, 6) is -1.28. The van der Waals surface area contributed by atoms with Gasteiger partial charge >= 0.3 is 0 Å². The molecule has 0 spiro atoms. The molecule has 1 aliphatic heterocycles. The zero-order chi connectivity index (χ0) is 24.8. The number of aromatic nitrogens is 2. The molecule has 1 aromatic carbocycles. The Balaban J connectivity index is 1.31. The van der Waals surface area contributed by atoms with Crippen molar-refractivity contribution in [1.82, 2.24) is 19.2 Å². The van der Waals surface area contributed by atoms with E-state index in [1.54, 1.807) is 11.9 Å². The molecular weight excluding hydrogens is 470 g/mol. The molecule has 2 aromatic rings. The van der Waals surface area contributed by atoms with Crippen LogP contribution in [0.4, 0.5) is 8.78 Å². The van der Waals surface area contributed by atoms with E-state index < -0.39 is 12.0 Å². The Kier molecular flexibility index (Phi) is 6.87. The van der Waals surface area contributed by atoms with Crippen LogP contribution < -0.4 is 5.32 Å². The summed E-state index contributed by atoms with van der Waals surface area (Å²) in [6.45, 7) is 9.01. The van der Waals surface area contributed by atoms with Crippen molar-refractivity contribution in [3.63, 3.8) is 0 Å². The first-order chi connectivity index (χ1) is 16.6. The van der Waals surface area contributed by atoms with E-state index in [1.807, 2.05) is 0 Å². The normalized spacial score (nSPS) is 24.1. The summed E-state index contributed by atoms with van der Waals surface area (Å²) in [6.07, 6.45) is 2.76. The molecule has 2 saturated carbocycles. The minimum absolute atomic E-state index is 0.0118. The average molecular weight is 507 g/mol. The highest BCUT2D eigenvalue weighted by molar-refractivity contribution is 7.97. The number of carbonyl (C=O) groups is 1. The minimum atomic E-state index is -2.51. The molecular formula is C26H36F2N4O2S. The van der Waals surface area contributed by atoms with Crippen molar-refractivity contribution in [3.05, 3.63) is 24.0 Å². The lowest BCUT2D eigenvalue weighted by molar-refractivity contribution is -0.136. The number of nitrogens with one attached hydrogen (secondary N) is 1. The fraction of sp³-hybridized carbons (Fsp3) is 0.692. The summed E-state index contributed by atoms with van der Waals surface area (Å²) in [4.78, 5) is 18.5. The van der Waals surface area contributed by atoms with Crippen molar-refractivity contribution in [1.29, 1.82) is 0 Å². The molecule has 3 aliphatic rings. The lowest BCUT2D eigenvalue weighted by atomic mass is 9.86. The van der Waals surface area contributed by atoms with Gasteiger partial charge in [-0.2, -0.15) is 0 Å². The number of hydrogen-bond donors (Lipinski definition) is 1. The topological polar surface area (TPSA) is 59.4 Å². The second-order valence-electron chi connectivity index (χ2n) is 11.4. The molecule has 192 valence electrons. The molecule has 1 saturated heterocycles. The van der Waals surface area contributed by atoms with E-state index in [0.717, 1.165) is 47.7 Å². The zero-order valence-electron chi connectivity index (χ0n) is 20.9. The third-order valence-corrected chi connectivity index (χ3v) is 8.20. The van der Waals surface area contributed by atoms with E-state index in [9.17, 15) is 13.6 Å². The molecule has 1 atom stereocenters. The number of imidazole rings is 1. The van der Waals surface area contributed by atoms with Crippen LogP contribution in [-0.2, 0) is 21.5 Å². The fourth-order valence-corrected chi connectivity index (χ4v) is 5.97. The van der Waals surface area contributed by atoms with Crippen LogP contribution in [0.1, 0.15) is 65.1 Å².